The first-order valence-corrected chi connectivity index (χ1v) is 8.86. The van der Waals surface area contributed by atoms with Gasteiger partial charge in [-0.05, 0) is 31.2 Å². The minimum Gasteiger partial charge on any atom is -0.448 e. The van der Waals surface area contributed by atoms with Crippen LogP contribution < -0.4 is 4.72 Å². The Bertz CT molecular complexity index is 767. The van der Waals surface area contributed by atoms with Crippen LogP contribution in [0.2, 0.25) is 0 Å². The molecule has 0 aliphatic carbocycles. The molecule has 2 aromatic rings. The van der Waals surface area contributed by atoms with Crippen molar-refractivity contribution < 1.29 is 17.6 Å². The first kappa shape index (κ1) is 16.0. The van der Waals surface area contributed by atoms with Gasteiger partial charge in [0.05, 0.1) is 18.9 Å². The van der Waals surface area contributed by atoms with Gasteiger partial charge in [-0.25, -0.2) is 4.98 Å². The predicted molar refractivity (Wildman–Crippen MR) is 84.6 cm³/mol. The molecule has 8 heteroatoms. The zero-order valence-electron chi connectivity index (χ0n) is 12.9. The molecule has 0 radical (unpaired) electrons. The number of pyridine rings is 1. The van der Waals surface area contributed by atoms with Gasteiger partial charge in [-0.2, -0.15) is 8.42 Å². The fourth-order valence-electron chi connectivity index (χ4n) is 2.36. The molecule has 3 heterocycles. The first-order chi connectivity index (χ1) is 11.0. The maximum atomic E-state index is 12.2. The molecule has 0 amide bonds. The summed E-state index contributed by atoms with van der Waals surface area (Å²) in [6, 6.07) is 8.32. The molecule has 0 atom stereocenters. The summed E-state index contributed by atoms with van der Waals surface area (Å²) in [7, 11) is -3.76. The van der Waals surface area contributed by atoms with Gasteiger partial charge < -0.3 is 9.15 Å². The van der Waals surface area contributed by atoms with Gasteiger partial charge in [-0.15, -0.1) is 0 Å². The standard InChI is InChI=1S/C15H19N3O4S/c1-12-5-6-15(22-12)23(19,20)17-14-4-2-3-13(16-14)11-18-7-9-21-10-8-18/h2-6H,7-11H2,1H3,(H,16,17). The van der Waals surface area contributed by atoms with Crippen LogP contribution in [0.3, 0.4) is 0 Å². The number of aromatic nitrogens is 1. The molecule has 0 aromatic carbocycles. The molecule has 1 saturated heterocycles. The topological polar surface area (TPSA) is 84.7 Å². The summed E-state index contributed by atoms with van der Waals surface area (Å²) in [5, 5.41) is -0.115. The monoisotopic (exact) mass is 337 g/mol. The molecule has 1 fully saturated rings. The van der Waals surface area contributed by atoms with E-state index in [0.29, 0.717) is 25.5 Å². The van der Waals surface area contributed by atoms with Crippen LogP contribution in [0.1, 0.15) is 11.5 Å². The molecule has 2 aromatic heterocycles. The molecule has 7 nitrogen and oxygen atoms in total. The van der Waals surface area contributed by atoms with Crippen molar-refractivity contribution in [3.8, 4) is 0 Å². The normalized spacial score (nSPS) is 16.4. The number of nitrogens with zero attached hydrogens (tertiary/aromatic N) is 2. The van der Waals surface area contributed by atoms with Crippen molar-refractivity contribution in [2.45, 2.75) is 18.6 Å². The summed E-state index contributed by atoms with van der Waals surface area (Å²) < 4.78 is 37.4. The van der Waals surface area contributed by atoms with E-state index in [4.69, 9.17) is 9.15 Å². The number of ether oxygens (including phenoxy) is 1. The number of sulfonamides is 1. The van der Waals surface area contributed by atoms with Gasteiger partial charge in [-0.1, -0.05) is 6.07 Å². The highest BCUT2D eigenvalue weighted by molar-refractivity contribution is 7.92. The molecule has 1 aliphatic heterocycles. The Kier molecular flexibility index (Phi) is 4.65. The molecular weight excluding hydrogens is 318 g/mol. The molecule has 23 heavy (non-hydrogen) atoms. The predicted octanol–water partition coefficient (Wildman–Crippen LogP) is 1.62. The van der Waals surface area contributed by atoms with Gasteiger partial charge in [0.15, 0.2) is 0 Å². The fourth-order valence-corrected chi connectivity index (χ4v) is 3.34. The van der Waals surface area contributed by atoms with Crippen molar-refractivity contribution in [1.29, 1.82) is 0 Å². The highest BCUT2D eigenvalue weighted by atomic mass is 32.2. The van der Waals surface area contributed by atoms with Crippen LogP contribution in [-0.4, -0.2) is 44.6 Å². The number of hydrogen-bond acceptors (Lipinski definition) is 6. The number of furan rings is 1. The third-order valence-corrected chi connectivity index (χ3v) is 4.74. The molecule has 0 saturated carbocycles. The average Bonchev–Trinajstić information content (AvgIpc) is 2.96. The molecule has 0 bridgehead atoms. The van der Waals surface area contributed by atoms with Crippen LogP contribution in [-0.2, 0) is 21.3 Å². The second-order valence-corrected chi connectivity index (χ2v) is 6.99. The summed E-state index contributed by atoms with van der Waals surface area (Å²) in [5.41, 5.74) is 0.808. The number of anilines is 1. The van der Waals surface area contributed by atoms with Crippen molar-refractivity contribution >= 4 is 15.8 Å². The zero-order valence-corrected chi connectivity index (χ0v) is 13.7. The number of nitrogens with one attached hydrogen (secondary N) is 1. The van der Waals surface area contributed by atoms with E-state index in [-0.39, 0.29) is 10.9 Å². The maximum absolute atomic E-state index is 12.2. The molecule has 124 valence electrons. The van der Waals surface area contributed by atoms with Crippen molar-refractivity contribution in [2.75, 3.05) is 31.0 Å². The summed E-state index contributed by atoms with van der Waals surface area (Å²) in [4.78, 5) is 6.59. The van der Waals surface area contributed by atoms with E-state index in [1.54, 1.807) is 25.1 Å². The summed E-state index contributed by atoms with van der Waals surface area (Å²) in [5.74, 6) is 0.823. The Hall–Kier alpha value is -1.90. The third kappa shape index (κ3) is 4.10. The van der Waals surface area contributed by atoms with E-state index in [1.807, 2.05) is 6.07 Å². The lowest BCUT2D eigenvalue weighted by molar-refractivity contribution is 0.0337. The molecule has 1 N–H and O–H groups in total. The minimum absolute atomic E-state index is 0.115. The largest absolute Gasteiger partial charge is 0.448 e. The third-order valence-electron chi connectivity index (χ3n) is 3.52. The Morgan fingerprint density at radius 2 is 2.00 bits per heavy atom. The maximum Gasteiger partial charge on any atom is 0.296 e. The molecule has 3 rings (SSSR count). The minimum atomic E-state index is -3.76. The van der Waals surface area contributed by atoms with Crippen LogP contribution in [0, 0.1) is 6.92 Å². The van der Waals surface area contributed by atoms with Gasteiger partial charge in [0.2, 0.25) is 5.09 Å². The van der Waals surface area contributed by atoms with Crippen LogP contribution in [0.4, 0.5) is 5.82 Å². The fraction of sp³-hybridized carbons (Fsp3) is 0.400. The Balaban J connectivity index is 1.72. The van der Waals surface area contributed by atoms with Crippen molar-refractivity contribution in [1.82, 2.24) is 9.88 Å². The van der Waals surface area contributed by atoms with E-state index in [2.05, 4.69) is 14.6 Å². The van der Waals surface area contributed by atoms with Crippen molar-refractivity contribution in [3.05, 3.63) is 41.8 Å². The van der Waals surface area contributed by atoms with Crippen molar-refractivity contribution in [3.63, 3.8) is 0 Å². The zero-order chi connectivity index (χ0) is 16.3. The van der Waals surface area contributed by atoms with E-state index in [0.717, 1.165) is 18.8 Å². The van der Waals surface area contributed by atoms with Gasteiger partial charge in [0.25, 0.3) is 10.0 Å². The molecule has 0 spiro atoms. The quantitative estimate of drug-likeness (QED) is 0.892. The van der Waals surface area contributed by atoms with E-state index >= 15 is 0 Å². The van der Waals surface area contributed by atoms with Gasteiger partial charge >= 0.3 is 0 Å². The van der Waals surface area contributed by atoms with Crippen LogP contribution >= 0.6 is 0 Å². The number of rotatable bonds is 5. The van der Waals surface area contributed by atoms with Gasteiger partial charge in [-0.3, -0.25) is 9.62 Å². The van der Waals surface area contributed by atoms with Crippen LogP contribution in [0.15, 0.2) is 39.8 Å². The molecule has 1 aliphatic rings. The van der Waals surface area contributed by atoms with E-state index in [9.17, 15) is 8.42 Å². The van der Waals surface area contributed by atoms with Crippen molar-refractivity contribution in [2.24, 2.45) is 0 Å². The Morgan fingerprint density at radius 1 is 1.22 bits per heavy atom. The summed E-state index contributed by atoms with van der Waals surface area (Å²) in [6.45, 7) is 5.49. The lowest BCUT2D eigenvalue weighted by Gasteiger charge is -2.26. The lowest BCUT2D eigenvalue weighted by Crippen LogP contribution is -2.35. The smallest absolute Gasteiger partial charge is 0.296 e. The van der Waals surface area contributed by atoms with Gasteiger partial charge in [0.1, 0.15) is 11.6 Å². The van der Waals surface area contributed by atoms with E-state index in [1.165, 1.54) is 6.07 Å². The van der Waals surface area contributed by atoms with Crippen LogP contribution in [0.5, 0.6) is 0 Å². The highest BCUT2D eigenvalue weighted by Crippen LogP contribution is 2.17. The second-order valence-electron chi connectivity index (χ2n) is 5.37. The summed E-state index contributed by atoms with van der Waals surface area (Å²) >= 11 is 0. The van der Waals surface area contributed by atoms with Crippen LogP contribution in [0.25, 0.3) is 0 Å². The lowest BCUT2D eigenvalue weighted by atomic mass is 10.3. The highest BCUT2D eigenvalue weighted by Gasteiger charge is 2.19. The number of aryl methyl sites for hydroxylation is 1. The van der Waals surface area contributed by atoms with E-state index < -0.39 is 10.0 Å². The summed E-state index contributed by atoms with van der Waals surface area (Å²) in [6.07, 6.45) is 0. The van der Waals surface area contributed by atoms with Gasteiger partial charge in [0, 0.05) is 19.6 Å². The Labute approximate surface area is 135 Å². The number of morpholine rings is 1. The second kappa shape index (κ2) is 6.69. The Morgan fingerprint density at radius 3 is 2.70 bits per heavy atom. The molecule has 0 unspecified atom stereocenters. The number of hydrogen-bond donors (Lipinski definition) is 1. The average molecular weight is 337 g/mol. The first-order valence-electron chi connectivity index (χ1n) is 7.38. The SMILES string of the molecule is Cc1ccc(S(=O)(=O)Nc2cccc(CN3CCOCC3)n2)o1. The molecular formula is C15H19N3O4S.